The maximum Gasteiger partial charge on any atom is 0.421 e. The van der Waals surface area contributed by atoms with Crippen molar-refractivity contribution in [1.82, 2.24) is 40.0 Å². The van der Waals surface area contributed by atoms with Crippen LogP contribution in [0.1, 0.15) is 90.9 Å². The molecule has 5 heterocycles. The van der Waals surface area contributed by atoms with Crippen LogP contribution in [0.4, 0.5) is 27.8 Å². The summed E-state index contributed by atoms with van der Waals surface area (Å²) in [7, 11) is -0.477. The molecular weight excluding hydrogens is 1160 g/mol. The quantitative estimate of drug-likeness (QED) is 0.0209. The highest BCUT2D eigenvalue weighted by atomic mass is 32.2. The normalized spacial score (nSPS) is 15.0. The number of unbranched alkanes of at least 4 members (excludes halogenated alkanes) is 1. The Morgan fingerprint density at radius 3 is 2.16 bits per heavy atom. The lowest BCUT2D eigenvalue weighted by Gasteiger charge is -2.40. The molecule has 1 unspecified atom stereocenters. The van der Waals surface area contributed by atoms with Crippen LogP contribution in [0.2, 0.25) is 0 Å². The van der Waals surface area contributed by atoms with E-state index in [4.69, 9.17) is 20.1 Å². The van der Waals surface area contributed by atoms with Crippen molar-refractivity contribution in [2.45, 2.75) is 95.3 Å². The minimum atomic E-state index is -5.28. The summed E-state index contributed by atoms with van der Waals surface area (Å²) in [5.41, 5.74) is 2.87. The van der Waals surface area contributed by atoms with Crippen molar-refractivity contribution in [3.8, 4) is 28.4 Å². The second-order valence-corrected chi connectivity index (χ2v) is 22.5. The molecule has 0 bridgehead atoms. The Morgan fingerprint density at radius 2 is 1.48 bits per heavy atom. The number of carbonyl (C=O) groups excluding carboxylic acids is 8. The number of aromatic nitrogens is 4. The summed E-state index contributed by atoms with van der Waals surface area (Å²) in [6, 6.07) is 16.8. The molecule has 0 saturated carbocycles. The second-order valence-electron chi connectivity index (χ2n) is 21.0. The van der Waals surface area contributed by atoms with E-state index >= 15 is 0 Å². The number of nitrogens with one attached hydrogen (secondary N) is 6. The fourth-order valence-electron chi connectivity index (χ4n) is 9.89. The number of fused-ring (bicyclic) bond motifs is 3. The van der Waals surface area contributed by atoms with Gasteiger partial charge in [-0.2, -0.15) is 8.42 Å². The number of hydrogen-bond acceptors (Lipinski definition) is 17. The van der Waals surface area contributed by atoms with Crippen LogP contribution in [0.5, 0.6) is 17.2 Å². The number of ether oxygens (including phenoxy) is 3. The van der Waals surface area contributed by atoms with E-state index in [1.807, 2.05) is 36.1 Å². The van der Waals surface area contributed by atoms with Crippen LogP contribution in [0, 0.1) is 0 Å². The third-order valence-electron chi connectivity index (χ3n) is 14.4. The predicted molar refractivity (Wildman–Crippen MR) is 320 cm³/mol. The molecule has 8 amide bonds. The van der Waals surface area contributed by atoms with E-state index < -0.39 is 75.2 Å². The van der Waals surface area contributed by atoms with Crippen LogP contribution in [-0.2, 0) is 66.0 Å². The lowest BCUT2D eigenvalue weighted by molar-refractivity contribution is -0.130. The summed E-state index contributed by atoms with van der Waals surface area (Å²) in [6.45, 7) is 3.36. The Labute approximate surface area is 506 Å². The van der Waals surface area contributed by atoms with E-state index in [9.17, 15) is 51.3 Å². The zero-order chi connectivity index (χ0) is 63.2. The number of nitrogens with zero attached hydrogens (tertiary/aromatic N) is 6. The summed E-state index contributed by atoms with van der Waals surface area (Å²) in [4.78, 5) is 122. The highest BCUT2D eigenvalue weighted by Crippen LogP contribution is 2.43. The third kappa shape index (κ3) is 16.4. The number of methoxy groups -OCH3 is 1. The fraction of sp³-hybridized carbons (Fsp3) is 0.356. The van der Waals surface area contributed by atoms with Crippen molar-refractivity contribution in [3.63, 3.8) is 0 Å². The van der Waals surface area contributed by atoms with Gasteiger partial charge in [0.05, 0.1) is 37.6 Å². The van der Waals surface area contributed by atoms with Crippen molar-refractivity contribution in [2.75, 3.05) is 47.7 Å². The molecule has 0 aliphatic carbocycles. The van der Waals surface area contributed by atoms with Gasteiger partial charge in [-0.1, -0.05) is 24.3 Å². The molecule has 29 heteroatoms. The van der Waals surface area contributed by atoms with Gasteiger partial charge in [0, 0.05) is 94.1 Å². The van der Waals surface area contributed by atoms with Gasteiger partial charge in [0.1, 0.15) is 23.7 Å². The van der Waals surface area contributed by atoms with Gasteiger partial charge in [0.25, 0.3) is 21.9 Å². The van der Waals surface area contributed by atoms with Gasteiger partial charge in [-0.3, -0.25) is 43.0 Å². The summed E-state index contributed by atoms with van der Waals surface area (Å²) in [5, 5.41) is 13.7. The van der Waals surface area contributed by atoms with Crippen LogP contribution < -0.4 is 56.9 Å². The number of amides is 8. The monoisotopic (exact) mass is 1230 g/mol. The van der Waals surface area contributed by atoms with E-state index in [-0.39, 0.29) is 97.0 Å². The minimum absolute atomic E-state index is 0.000742. The Kier molecular flexibility index (Phi) is 21.3. The van der Waals surface area contributed by atoms with Gasteiger partial charge >= 0.3 is 6.09 Å². The van der Waals surface area contributed by atoms with Crippen molar-refractivity contribution in [2.24, 2.45) is 20.0 Å². The van der Waals surface area contributed by atoms with Crippen LogP contribution in [-0.4, -0.2) is 135 Å². The first-order valence-corrected chi connectivity index (χ1v) is 29.6. The molecule has 466 valence electrons. The Morgan fingerprint density at radius 1 is 0.761 bits per heavy atom. The molecule has 0 fully saturated rings. The van der Waals surface area contributed by atoms with E-state index in [0.717, 1.165) is 11.1 Å². The van der Waals surface area contributed by atoms with E-state index in [1.165, 1.54) is 73.0 Å². The molecule has 0 saturated heterocycles. The lowest BCUT2D eigenvalue weighted by Crippen LogP contribution is -2.59. The molecule has 88 heavy (non-hydrogen) atoms. The smallest absolute Gasteiger partial charge is 0.421 e. The summed E-state index contributed by atoms with van der Waals surface area (Å²) in [6.07, 6.45) is 7.20. The van der Waals surface area contributed by atoms with Gasteiger partial charge in [0.2, 0.25) is 35.4 Å². The highest BCUT2D eigenvalue weighted by Gasteiger charge is 2.51. The number of rotatable bonds is 26. The molecule has 3 aromatic carbocycles. The van der Waals surface area contributed by atoms with Crippen LogP contribution in [0.15, 0.2) is 104 Å². The summed E-state index contributed by atoms with van der Waals surface area (Å²) in [5.74, 6) is 1.53. The van der Waals surface area contributed by atoms with Crippen LogP contribution in [0.25, 0.3) is 11.1 Å². The van der Waals surface area contributed by atoms with Crippen LogP contribution in [0.3, 0.4) is 0 Å². The Balaban J connectivity index is 0.908. The van der Waals surface area contributed by atoms with E-state index in [2.05, 4.69) is 46.7 Å². The van der Waals surface area contributed by atoms with Crippen LogP contribution >= 0.6 is 0 Å². The fourth-order valence-corrected chi connectivity index (χ4v) is 11.0. The lowest BCUT2D eigenvalue weighted by atomic mass is 9.93. The number of aryl methyl sites for hydroxylation is 2. The molecule has 9 N–H and O–H groups in total. The van der Waals surface area contributed by atoms with Crippen molar-refractivity contribution in [3.05, 3.63) is 126 Å². The molecule has 4 atom stereocenters. The van der Waals surface area contributed by atoms with E-state index in [0.29, 0.717) is 54.3 Å². The topological polar surface area (TPSA) is 368 Å². The SMILES string of the molecule is COc1cc2c(cc1OCCCC(=O)Nc1cn(C)c(C(=O)Nc3ccc(-c4ccn(C)c4)cn3)n1)N(C(=O)Oc1ccc(NC(=O)[C@@H](C)NC(=O)[C@@H](C)NC(=O)CCCCC(=O)NCCCON)cc1)C(S(=O)(=O)O)[C@@H]1Cc3ccccc3CN1C2=O. The van der Waals surface area contributed by atoms with Gasteiger partial charge in [-0.05, 0) is 106 Å². The van der Waals surface area contributed by atoms with Gasteiger partial charge in [0.15, 0.2) is 22.7 Å². The second kappa shape index (κ2) is 29.1. The molecule has 3 aromatic heterocycles. The van der Waals surface area contributed by atoms with Crippen molar-refractivity contribution < 1.29 is 70.4 Å². The molecule has 28 nitrogen and oxygen atoms in total. The number of imidazole rings is 1. The molecule has 0 radical (unpaired) electrons. The van der Waals surface area contributed by atoms with Gasteiger partial charge < -0.3 is 65.0 Å². The number of benzene rings is 3. The first-order valence-electron chi connectivity index (χ1n) is 28.1. The Bertz CT molecular complexity index is 3670. The Hall–Kier alpha value is -9.71. The summed E-state index contributed by atoms with van der Waals surface area (Å²) < 4.78 is 59.6. The predicted octanol–water partition coefficient (Wildman–Crippen LogP) is 4.58. The average molecular weight is 1230 g/mol. The molecule has 0 spiro atoms. The zero-order valence-electron chi connectivity index (χ0n) is 48.9. The average Bonchev–Trinajstić information content (AvgIpc) is 2.04. The highest BCUT2D eigenvalue weighted by molar-refractivity contribution is 7.86. The number of carbonyl (C=O) groups is 8. The standard InChI is InChI=1S/C59H69N13O15S/c1-35(63-51(74)15-9-8-14-50(73)61-24-11-27-86-60)54(76)64-36(2)55(77)65-41-18-20-42(21-19-41)87-59(80)72-44-30-47(46(84-5)29-43(44)57(79)71-33-39-13-7-6-12-37(39)28-45(71)58(72)88(81,82)83)85-26-10-16-52(75)66-49-34-70(4)53(67-49)56(78)68-48-22-17-38(31-62-48)40-23-25-69(3)32-40/h6-7,12-13,17-23,25,29-32,34-36,45,58H,8-11,14-16,24,26-28,33,60H2,1-5H3,(H,61,73)(H,63,74)(H,64,76)(H,65,77)(H,66,75)(H,62,68,78)(H,81,82,83)/t35-,36-,45+,58?/m1/s1. The minimum Gasteiger partial charge on any atom is -0.493 e. The van der Waals surface area contributed by atoms with Gasteiger partial charge in [-0.15, -0.1) is 0 Å². The molecule has 6 aromatic rings. The third-order valence-corrected chi connectivity index (χ3v) is 15.5. The number of hydrogen-bond donors (Lipinski definition) is 8. The molecule has 2 aliphatic heterocycles. The zero-order valence-corrected chi connectivity index (χ0v) is 49.8. The maximum atomic E-state index is 14.8. The molecule has 2 aliphatic rings. The summed E-state index contributed by atoms with van der Waals surface area (Å²) >= 11 is 0. The first-order chi connectivity index (χ1) is 42.1. The molecular formula is C59H69N13O15S. The van der Waals surface area contributed by atoms with Crippen molar-refractivity contribution in [1.29, 1.82) is 0 Å². The maximum absolute atomic E-state index is 14.8. The van der Waals surface area contributed by atoms with Gasteiger partial charge in [-0.25, -0.2) is 20.7 Å². The first kappa shape index (κ1) is 64.3. The number of anilines is 4. The molecule has 8 rings (SSSR count). The van der Waals surface area contributed by atoms with E-state index in [1.54, 1.807) is 43.6 Å². The number of pyridine rings is 1. The van der Waals surface area contributed by atoms with Crippen molar-refractivity contribution >= 4 is 80.6 Å². The number of nitrogens with two attached hydrogens (primary N) is 1. The largest absolute Gasteiger partial charge is 0.493 e.